The fourth-order valence-electron chi connectivity index (χ4n) is 3.49. The van der Waals surface area contributed by atoms with Gasteiger partial charge < -0.3 is 9.47 Å². The van der Waals surface area contributed by atoms with Gasteiger partial charge >= 0.3 is 0 Å². The standard InChI is InChI=1S/C19H24N4O2/c1-22-10-16(11-23-12-18(25-3)8-17(23)13-24-2)19(21-22)15-6-4-14(9-20)5-7-15/h4-7,10,17-18H,8,11-13H2,1-3H3/t17-,18-/m0/s1. The molecule has 6 nitrogen and oxygen atoms in total. The van der Waals surface area contributed by atoms with Crippen LogP contribution in [0.25, 0.3) is 11.3 Å². The van der Waals surface area contributed by atoms with Gasteiger partial charge in [-0.25, -0.2) is 0 Å². The van der Waals surface area contributed by atoms with E-state index in [2.05, 4.69) is 22.3 Å². The monoisotopic (exact) mass is 340 g/mol. The number of nitriles is 1. The van der Waals surface area contributed by atoms with Crippen LogP contribution < -0.4 is 0 Å². The van der Waals surface area contributed by atoms with E-state index in [1.165, 1.54) is 5.56 Å². The van der Waals surface area contributed by atoms with Crippen LogP contribution in [0.4, 0.5) is 0 Å². The molecule has 1 fully saturated rings. The van der Waals surface area contributed by atoms with Crippen LogP contribution in [-0.4, -0.2) is 54.2 Å². The maximum atomic E-state index is 8.98. The van der Waals surface area contributed by atoms with Crippen molar-refractivity contribution in [3.8, 4) is 17.3 Å². The maximum absolute atomic E-state index is 8.98. The van der Waals surface area contributed by atoms with E-state index in [1.54, 1.807) is 14.2 Å². The second kappa shape index (κ2) is 7.79. The van der Waals surface area contributed by atoms with Crippen molar-refractivity contribution in [1.82, 2.24) is 14.7 Å². The molecule has 2 aromatic rings. The lowest BCUT2D eigenvalue weighted by molar-refractivity contribution is 0.106. The number of rotatable bonds is 6. The van der Waals surface area contributed by atoms with Crippen LogP contribution in [0.2, 0.25) is 0 Å². The summed E-state index contributed by atoms with van der Waals surface area (Å²) in [5.41, 5.74) is 3.82. The molecule has 3 rings (SSSR count). The van der Waals surface area contributed by atoms with Crippen LogP contribution in [0.5, 0.6) is 0 Å². The second-order valence-electron chi connectivity index (χ2n) is 6.50. The zero-order valence-electron chi connectivity index (χ0n) is 15.0. The smallest absolute Gasteiger partial charge is 0.0991 e. The lowest BCUT2D eigenvalue weighted by Gasteiger charge is -2.23. The largest absolute Gasteiger partial charge is 0.383 e. The van der Waals surface area contributed by atoms with Gasteiger partial charge in [-0.2, -0.15) is 10.4 Å². The summed E-state index contributed by atoms with van der Waals surface area (Å²) in [5.74, 6) is 0. The molecule has 0 spiro atoms. The average molecular weight is 340 g/mol. The average Bonchev–Trinajstić information content (AvgIpc) is 3.19. The van der Waals surface area contributed by atoms with Crippen LogP contribution in [-0.2, 0) is 23.1 Å². The Morgan fingerprint density at radius 1 is 1.28 bits per heavy atom. The molecular formula is C19H24N4O2. The molecular weight excluding hydrogens is 316 g/mol. The van der Waals surface area contributed by atoms with Crippen molar-refractivity contribution in [2.45, 2.75) is 25.1 Å². The summed E-state index contributed by atoms with van der Waals surface area (Å²) in [5, 5.41) is 13.6. The fraction of sp³-hybridized carbons (Fsp3) is 0.474. The molecule has 2 heterocycles. The molecule has 1 saturated heterocycles. The summed E-state index contributed by atoms with van der Waals surface area (Å²) in [4.78, 5) is 2.40. The SMILES string of the molecule is COC[C@@H]1C[C@H](OC)CN1Cc1cn(C)nc1-c1ccc(C#N)cc1. The van der Waals surface area contributed by atoms with E-state index in [0.717, 1.165) is 30.8 Å². The van der Waals surface area contributed by atoms with Gasteiger partial charge in [0, 0.05) is 57.7 Å². The van der Waals surface area contributed by atoms with Crippen LogP contribution >= 0.6 is 0 Å². The minimum atomic E-state index is 0.246. The molecule has 0 aliphatic carbocycles. The molecule has 6 heteroatoms. The first-order valence-corrected chi connectivity index (χ1v) is 8.43. The summed E-state index contributed by atoms with van der Waals surface area (Å²) >= 11 is 0. The lowest BCUT2D eigenvalue weighted by atomic mass is 10.1. The van der Waals surface area contributed by atoms with Gasteiger partial charge in [-0.1, -0.05) is 12.1 Å². The highest BCUT2D eigenvalue weighted by Gasteiger charge is 2.32. The third kappa shape index (κ3) is 3.90. The highest BCUT2D eigenvalue weighted by molar-refractivity contribution is 5.63. The summed E-state index contributed by atoms with van der Waals surface area (Å²) < 4.78 is 12.8. The Hall–Kier alpha value is -2.20. The lowest BCUT2D eigenvalue weighted by Crippen LogP contribution is -2.32. The predicted octanol–water partition coefficient (Wildman–Crippen LogP) is 2.19. The number of aromatic nitrogens is 2. The van der Waals surface area contributed by atoms with Crippen molar-refractivity contribution in [3.05, 3.63) is 41.6 Å². The highest BCUT2D eigenvalue weighted by Crippen LogP contribution is 2.27. The highest BCUT2D eigenvalue weighted by atomic mass is 16.5. The van der Waals surface area contributed by atoms with Crippen molar-refractivity contribution in [2.24, 2.45) is 7.05 Å². The Bertz CT molecular complexity index is 748. The minimum Gasteiger partial charge on any atom is -0.383 e. The van der Waals surface area contributed by atoms with Crippen molar-refractivity contribution >= 4 is 0 Å². The zero-order valence-corrected chi connectivity index (χ0v) is 15.0. The number of hydrogen-bond donors (Lipinski definition) is 0. The molecule has 1 aliphatic heterocycles. The summed E-state index contributed by atoms with van der Waals surface area (Å²) in [6.07, 6.45) is 3.30. The summed E-state index contributed by atoms with van der Waals surface area (Å²) in [6, 6.07) is 10.1. The molecule has 25 heavy (non-hydrogen) atoms. The van der Waals surface area contributed by atoms with E-state index in [1.807, 2.05) is 36.0 Å². The number of benzene rings is 1. The number of aryl methyl sites for hydroxylation is 1. The first-order chi connectivity index (χ1) is 12.1. The summed E-state index contributed by atoms with van der Waals surface area (Å²) in [6.45, 7) is 2.40. The minimum absolute atomic E-state index is 0.246. The molecule has 0 amide bonds. The Labute approximate surface area is 148 Å². The fourth-order valence-corrected chi connectivity index (χ4v) is 3.49. The molecule has 0 radical (unpaired) electrons. The number of hydrogen-bond acceptors (Lipinski definition) is 5. The summed E-state index contributed by atoms with van der Waals surface area (Å²) in [7, 11) is 5.44. The van der Waals surface area contributed by atoms with Crippen molar-refractivity contribution in [2.75, 3.05) is 27.4 Å². The molecule has 1 aliphatic rings. The molecule has 1 aromatic heterocycles. The Balaban J connectivity index is 1.84. The van der Waals surface area contributed by atoms with E-state index < -0.39 is 0 Å². The van der Waals surface area contributed by atoms with Gasteiger partial charge in [0.2, 0.25) is 0 Å². The number of ether oxygens (including phenoxy) is 2. The van der Waals surface area contributed by atoms with E-state index >= 15 is 0 Å². The van der Waals surface area contributed by atoms with Gasteiger partial charge in [0.1, 0.15) is 0 Å². The number of methoxy groups -OCH3 is 2. The predicted molar refractivity (Wildman–Crippen MR) is 94.8 cm³/mol. The topological polar surface area (TPSA) is 63.3 Å². The third-order valence-corrected chi connectivity index (χ3v) is 4.75. The maximum Gasteiger partial charge on any atom is 0.0991 e. The Morgan fingerprint density at radius 3 is 2.68 bits per heavy atom. The molecule has 0 saturated carbocycles. The molecule has 2 atom stereocenters. The molecule has 132 valence electrons. The van der Waals surface area contributed by atoms with E-state index in [0.29, 0.717) is 18.2 Å². The Kier molecular flexibility index (Phi) is 5.49. The van der Waals surface area contributed by atoms with E-state index in [9.17, 15) is 0 Å². The van der Waals surface area contributed by atoms with Gasteiger partial charge in [-0.05, 0) is 18.6 Å². The van der Waals surface area contributed by atoms with Crippen molar-refractivity contribution in [1.29, 1.82) is 5.26 Å². The van der Waals surface area contributed by atoms with Gasteiger partial charge in [0.05, 0.1) is 30.0 Å². The quantitative estimate of drug-likeness (QED) is 0.807. The normalized spacial score (nSPS) is 20.7. The van der Waals surface area contributed by atoms with Gasteiger partial charge in [-0.15, -0.1) is 0 Å². The molecule has 0 N–H and O–H groups in total. The third-order valence-electron chi connectivity index (χ3n) is 4.75. The van der Waals surface area contributed by atoms with Crippen LogP contribution in [0, 0.1) is 11.3 Å². The van der Waals surface area contributed by atoms with Crippen LogP contribution in [0.1, 0.15) is 17.5 Å². The molecule has 1 aromatic carbocycles. The van der Waals surface area contributed by atoms with Crippen LogP contribution in [0.3, 0.4) is 0 Å². The Morgan fingerprint density at radius 2 is 2.04 bits per heavy atom. The van der Waals surface area contributed by atoms with Crippen molar-refractivity contribution in [3.63, 3.8) is 0 Å². The van der Waals surface area contributed by atoms with Gasteiger partial charge in [0.15, 0.2) is 0 Å². The van der Waals surface area contributed by atoms with Gasteiger partial charge in [0.25, 0.3) is 0 Å². The van der Waals surface area contributed by atoms with E-state index in [-0.39, 0.29) is 6.10 Å². The van der Waals surface area contributed by atoms with Crippen LogP contribution in [0.15, 0.2) is 30.5 Å². The van der Waals surface area contributed by atoms with E-state index in [4.69, 9.17) is 14.7 Å². The van der Waals surface area contributed by atoms with Crippen molar-refractivity contribution < 1.29 is 9.47 Å². The molecule has 0 bridgehead atoms. The number of likely N-dealkylation sites (tertiary alicyclic amines) is 1. The molecule has 0 unspecified atom stereocenters. The second-order valence-corrected chi connectivity index (χ2v) is 6.50. The first-order valence-electron chi connectivity index (χ1n) is 8.43. The first kappa shape index (κ1) is 17.6. The number of nitrogens with zero attached hydrogens (tertiary/aromatic N) is 4. The van der Waals surface area contributed by atoms with Gasteiger partial charge in [-0.3, -0.25) is 9.58 Å². The zero-order chi connectivity index (χ0) is 17.8.